The summed E-state index contributed by atoms with van der Waals surface area (Å²) in [7, 11) is 0. The fourth-order valence-electron chi connectivity index (χ4n) is 2.85. The Morgan fingerprint density at radius 3 is 2.36 bits per heavy atom. The monoisotopic (exact) mass is 352 g/mol. The maximum atomic E-state index is 13.8. The van der Waals surface area contributed by atoms with Crippen LogP contribution in [0.3, 0.4) is 0 Å². The lowest BCUT2D eigenvalue weighted by atomic mass is 10.2. The van der Waals surface area contributed by atoms with Gasteiger partial charge in [-0.2, -0.15) is 4.98 Å². The molecule has 1 fully saturated rings. The maximum Gasteiger partial charge on any atom is 0.318 e. The molecule has 1 aromatic heterocycles. The molecule has 1 N–H and O–H groups in total. The molecule has 2 aromatic rings. The molecule has 0 unspecified atom stereocenters. The molecule has 1 aromatic carbocycles. The summed E-state index contributed by atoms with van der Waals surface area (Å²) in [5.74, 6) is -1.17. The largest absolute Gasteiger partial charge is 0.478 e. The number of rotatable bonds is 2. The van der Waals surface area contributed by atoms with Crippen LogP contribution in [-0.4, -0.2) is 46.4 Å². The third kappa shape index (κ3) is 2.83. The van der Waals surface area contributed by atoms with Crippen molar-refractivity contribution in [2.75, 3.05) is 13.1 Å². The lowest BCUT2D eigenvalue weighted by Crippen LogP contribution is -2.39. The fourth-order valence-corrected chi connectivity index (χ4v) is 2.85. The zero-order valence-electron chi connectivity index (χ0n) is 13.2. The van der Waals surface area contributed by atoms with Crippen molar-refractivity contribution < 1.29 is 27.6 Å². The van der Waals surface area contributed by atoms with Crippen LogP contribution in [0.25, 0.3) is 0 Å². The predicted molar refractivity (Wildman–Crippen MR) is 78.0 cm³/mol. The molecule has 3 heterocycles. The number of amides is 2. The number of carbonyl (C=O) groups is 1. The molecule has 2 aliphatic rings. The molecule has 8 nitrogen and oxygen atoms in total. The number of likely N-dealkylation sites (tertiary alicyclic amines) is 1. The van der Waals surface area contributed by atoms with Gasteiger partial charge in [0.25, 0.3) is 0 Å². The minimum absolute atomic E-state index is 0.104. The summed E-state index contributed by atoms with van der Waals surface area (Å²) < 4.78 is 43.4. The highest BCUT2D eigenvalue weighted by molar-refractivity contribution is 5.74. The standard InChI is InChI=1S/C15H14F2N4O4/c1-7-19-12(20-25-7)4-18-15(22)21-5-10-11(6-21)24-14-9(17)3-2-8(16)13(14)23-10/h2-3,10-11H,4-6H2,1H3,(H,18,22)/t10-,11+. The average Bonchev–Trinajstić information content (AvgIpc) is 3.20. The number of aromatic nitrogens is 2. The summed E-state index contributed by atoms with van der Waals surface area (Å²) in [4.78, 5) is 17.7. The van der Waals surface area contributed by atoms with Crippen molar-refractivity contribution in [2.45, 2.75) is 25.7 Å². The second-order valence-corrected chi connectivity index (χ2v) is 5.79. The molecule has 2 amide bonds. The SMILES string of the molecule is Cc1nc(CNC(=O)N2C[C@@H]3Oc4c(F)ccc(F)c4O[C@@H]3C2)no1. The summed E-state index contributed by atoms with van der Waals surface area (Å²) in [6.07, 6.45) is -1.14. The first-order chi connectivity index (χ1) is 12.0. The normalized spacial score (nSPS) is 21.2. The van der Waals surface area contributed by atoms with E-state index in [0.29, 0.717) is 11.7 Å². The van der Waals surface area contributed by atoms with Crippen molar-refractivity contribution in [1.82, 2.24) is 20.4 Å². The van der Waals surface area contributed by atoms with Crippen LogP contribution in [0.2, 0.25) is 0 Å². The van der Waals surface area contributed by atoms with Crippen LogP contribution in [0.15, 0.2) is 16.7 Å². The van der Waals surface area contributed by atoms with Gasteiger partial charge < -0.3 is 24.2 Å². The number of ether oxygens (including phenoxy) is 2. The Labute approximate surface area is 140 Å². The minimum Gasteiger partial charge on any atom is -0.478 e. The van der Waals surface area contributed by atoms with Crippen molar-refractivity contribution in [2.24, 2.45) is 0 Å². The number of aryl methyl sites for hydroxylation is 1. The molecule has 0 bridgehead atoms. The van der Waals surface area contributed by atoms with Crippen LogP contribution in [0, 0.1) is 18.6 Å². The molecule has 1 saturated heterocycles. The Morgan fingerprint density at radius 2 is 1.84 bits per heavy atom. The second kappa shape index (κ2) is 5.87. The average molecular weight is 352 g/mol. The van der Waals surface area contributed by atoms with E-state index in [4.69, 9.17) is 14.0 Å². The van der Waals surface area contributed by atoms with Crippen molar-refractivity contribution in [3.8, 4) is 11.5 Å². The van der Waals surface area contributed by atoms with E-state index in [9.17, 15) is 13.6 Å². The highest BCUT2D eigenvalue weighted by Gasteiger charge is 2.43. The van der Waals surface area contributed by atoms with E-state index >= 15 is 0 Å². The van der Waals surface area contributed by atoms with Crippen molar-refractivity contribution in [1.29, 1.82) is 0 Å². The second-order valence-electron chi connectivity index (χ2n) is 5.79. The zero-order valence-corrected chi connectivity index (χ0v) is 13.2. The first kappa shape index (κ1) is 15.6. The van der Waals surface area contributed by atoms with Gasteiger partial charge in [0, 0.05) is 6.92 Å². The van der Waals surface area contributed by atoms with Gasteiger partial charge in [-0.25, -0.2) is 13.6 Å². The van der Waals surface area contributed by atoms with Gasteiger partial charge in [0.05, 0.1) is 19.6 Å². The first-order valence-corrected chi connectivity index (χ1v) is 7.64. The van der Waals surface area contributed by atoms with Crippen LogP contribution in [0.4, 0.5) is 13.6 Å². The molecule has 2 aliphatic heterocycles. The highest BCUT2D eigenvalue weighted by Crippen LogP contribution is 2.40. The molecule has 0 radical (unpaired) electrons. The van der Waals surface area contributed by atoms with Crippen LogP contribution in [0.1, 0.15) is 11.7 Å². The smallest absolute Gasteiger partial charge is 0.318 e. The van der Waals surface area contributed by atoms with Gasteiger partial charge in [0.1, 0.15) is 0 Å². The molecule has 0 spiro atoms. The summed E-state index contributed by atoms with van der Waals surface area (Å²) in [5.41, 5.74) is 0. The van der Waals surface area contributed by atoms with E-state index in [2.05, 4.69) is 15.5 Å². The third-order valence-corrected chi connectivity index (χ3v) is 4.02. The zero-order chi connectivity index (χ0) is 17.6. The van der Waals surface area contributed by atoms with E-state index in [0.717, 1.165) is 12.1 Å². The third-order valence-electron chi connectivity index (χ3n) is 4.02. The summed E-state index contributed by atoms with van der Waals surface area (Å²) in [5, 5.41) is 6.33. The van der Waals surface area contributed by atoms with Gasteiger partial charge >= 0.3 is 6.03 Å². The fraction of sp³-hybridized carbons (Fsp3) is 0.400. The molecule has 132 valence electrons. The van der Waals surface area contributed by atoms with Crippen molar-refractivity contribution in [3.05, 3.63) is 35.5 Å². The number of halogens is 2. The molecule has 0 aliphatic carbocycles. The van der Waals surface area contributed by atoms with E-state index in [1.165, 1.54) is 4.90 Å². The lowest BCUT2D eigenvalue weighted by Gasteiger charge is -2.28. The lowest BCUT2D eigenvalue weighted by molar-refractivity contribution is 0.0467. The van der Waals surface area contributed by atoms with Crippen molar-refractivity contribution >= 4 is 6.03 Å². The number of urea groups is 1. The maximum absolute atomic E-state index is 13.8. The number of nitrogens with zero attached hydrogens (tertiary/aromatic N) is 3. The van der Waals surface area contributed by atoms with E-state index in [-0.39, 0.29) is 37.2 Å². The van der Waals surface area contributed by atoms with E-state index in [1.807, 2.05) is 0 Å². The van der Waals surface area contributed by atoms with Gasteiger partial charge in [0.2, 0.25) is 17.4 Å². The first-order valence-electron chi connectivity index (χ1n) is 7.64. The minimum atomic E-state index is -0.703. The summed E-state index contributed by atoms with van der Waals surface area (Å²) in [6.45, 7) is 2.13. The molecule has 0 saturated carbocycles. The molecule has 2 atom stereocenters. The Bertz CT molecular complexity index is 789. The van der Waals surface area contributed by atoms with Crippen LogP contribution >= 0.6 is 0 Å². The molecule has 10 heteroatoms. The predicted octanol–water partition coefficient (Wildman–Crippen LogP) is 1.39. The van der Waals surface area contributed by atoms with Gasteiger partial charge in [-0.1, -0.05) is 5.16 Å². The van der Waals surface area contributed by atoms with E-state index < -0.39 is 23.8 Å². The van der Waals surface area contributed by atoms with Gasteiger partial charge in [-0.3, -0.25) is 0 Å². The molecule has 4 rings (SSSR count). The van der Waals surface area contributed by atoms with E-state index in [1.54, 1.807) is 6.92 Å². The van der Waals surface area contributed by atoms with Crippen molar-refractivity contribution in [3.63, 3.8) is 0 Å². The van der Waals surface area contributed by atoms with Gasteiger partial charge in [-0.15, -0.1) is 0 Å². The molecular formula is C15H14F2N4O4. The number of hydrogen-bond donors (Lipinski definition) is 1. The number of hydrogen-bond acceptors (Lipinski definition) is 6. The quantitative estimate of drug-likeness (QED) is 0.879. The molecule has 25 heavy (non-hydrogen) atoms. The number of fused-ring (bicyclic) bond motifs is 2. The topological polar surface area (TPSA) is 89.7 Å². The van der Waals surface area contributed by atoms with Gasteiger partial charge in [0.15, 0.2) is 29.7 Å². The number of carbonyl (C=O) groups excluding carboxylic acids is 1. The number of benzene rings is 1. The van der Waals surface area contributed by atoms with Gasteiger partial charge in [-0.05, 0) is 12.1 Å². The Hall–Kier alpha value is -2.91. The Morgan fingerprint density at radius 1 is 1.24 bits per heavy atom. The summed E-state index contributed by atoms with van der Waals surface area (Å²) in [6, 6.07) is 1.57. The number of nitrogens with one attached hydrogen (secondary N) is 1. The molecular weight excluding hydrogens is 338 g/mol. The Kier molecular flexibility index (Phi) is 3.66. The Balaban J connectivity index is 1.41. The summed E-state index contributed by atoms with van der Waals surface area (Å²) >= 11 is 0. The van der Waals surface area contributed by atoms with Crippen LogP contribution < -0.4 is 14.8 Å². The highest BCUT2D eigenvalue weighted by atomic mass is 19.1. The van der Waals surface area contributed by atoms with Crippen LogP contribution in [0.5, 0.6) is 11.5 Å². The van der Waals surface area contributed by atoms with Crippen LogP contribution in [-0.2, 0) is 6.54 Å².